The van der Waals surface area contributed by atoms with Crippen LogP contribution in [0.4, 0.5) is 30.7 Å². The first kappa shape index (κ1) is 19.8. The molecule has 0 aliphatic rings. The molecule has 0 unspecified atom stereocenters. The van der Waals surface area contributed by atoms with Crippen molar-refractivity contribution < 1.29 is 35.5 Å². The Balaban J connectivity index is 2.48. The third-order valence-corrected chi connectivity index (χ3v) is 3.59. The molecule has 0 N–H and O–H groups in total. The van der Waals surface area contributed by atoms with Crippen molar-refractivity contribution in [1.82, 2.24) is 0 Å². The lowest BCUT2D eigenvalue weighted by atomic mass is 10.1. The van der Waals surface area contributed by atoms with E-state index >= 15 is 0 Å². The first-order valence-electron chi connectivity index (χ1n) is 6.45. The maximum absolute atomic E-state index is 13.4. The minimum absolute atomic E-state index is 0.267. The molecular formula is C14H13F7OS. The van der Waals surface area contributed by atoms with Crippen molar-refractivity contribution in [3.63, 3.8) is 0 Å². The predicted octanol–water partition coefficient (Wildman–Crippen LogP) is 5.56. The van der Waals surface area contributed by atoms with Gasteiger partial charge < -0.3 is 0 Å². The van der Waals surface area contributed by atoms with Gasteiger partial charge in [0, 0.05) is 17.7 Å². The zero-order chi connectivity index (χ0) is 17.7. The molecule has 0 atom stereocenters. The predicted molar refractivity (Wildman–Crippen MR) is 73.0 cm³/mol. The molecule has 1 aromatic carbocycles. The molecule has 1 aromatic rings. The van der Waals surface area contributed by atoms with Crippen LogP contribution in [0.5, 0.6) is 0 Å². The van der Waals surface area contributed by atoms with Gasteiger partial charge in [-0.15, -0.1) is 0 Å². The Morgan fingerprint density at radius 3 is 1.96 bits per heavy atom. The van der Waals surface area contributed by atoms with Crippen molar-refractivity contribution in [2.75, 3.05) is 5.75 Å². The van der Waals surface area contributed by atoms with Crippen LogP contribution in [0, 0.1) is 0 Å². The lowest BCUT2D eigenvalue weighted by Crippen LogP contribution is -2.33. The van der Waals surface area contributed by atoms with Crippen LogP contribution in [-0.4, -0.2) is 28.9 Å². The van der Waals surface area contributed by atoms with Gasteiger partial charge in [-0.3, -0.25) is 4.79 Å². The lowest BCUT2D eigenvalue weighted by molar-refractivity contribution is -0.205. The maximum atomic E-state index is 13.4. The number of thioether (sulfide) groups is 1. The molecule has 0 spiro atoms. The first-order chi connectivity index (χ1) is 10.4. The smallest absolute Gasteiger partial charge is 0.282 e. The number of carbonyl (C=O) groups excluding carboxylic acids is 1. The van der Waals surface area contributed by atoms with E-state index in [0.717, 1.165) is 0 Å². The molecule has 0 saturated heterocycles. The third-order valence-electron chi connectivity index (χ3n) is 2.69. The fourth-order valence-electron chi connectivity index (χ4n) is 1.77. The van der Waals surface area contributed by atoms with Crippen LogP contribution < -0.4 is 0 Å². The van der Waals surface area contributed by atoms with Gasteiger partial charge in [-0.25, -0.2) is 17.6 Å². The zero-order valence-electron chi connectivity index (χ0n) is 11.7. The molecule has 1 rings (SSSR count). The monoisotopic (exact) mass is 362 g/mol. The summed E-state index contributed by atoms with van der Waals surface area (Å²) >= 11 is 0.510. The van der Waals surface area contributed by atoms with Gasteiger partial charge in [-0.05, 0) is 0 Å². The molecule has 0 amide bonds. The van der Waals surface area contributed by atoms with E-state index in [4.69, 9.17) is 0 Å². The summed E-state index contributed by atoms with van der Waals surface area (Å²) in [5, 5.41) is -0.511. The van der Waals surface area contributed by atoms with Crippen LogP contribution in [0.1, 0.15) is 29.6 Å². The van der Waals surface area contributed by atoms with Crippen molar-refractivity contribution >= 4 is 16.9 Å². The first-order valence-corrected chi connectivity index (χ1v) is 7.43. The van der Waals surface area contributed by atoms with Crippen LogP contribution in [0.3, 0.4) is 0 Å². The normalized spacial score (nSPS) is 13.2. The van der Waals surface area contributed by atoms with Crippen LogP contribution in [-0.2, 0) is 0 Å². The molecule has 0 fully saturated rings. The van der Waals surface area contributed by atoms with Gasteiger partial charge in [0.05, 0.1) is 6.42 Å². The highest BCUT2D eigenvalue weighted by atomic mass is 32.2. The third kappa shape index (κ3) is 8.24. The van der Waals surface area contributed by atoms with Crippen molar-refractivity contribution in [3.8, 4) is 0 Å². The topological polar surface area (TPSA) is 17.1 Å². The van der Waals surface area contributed by atoms with Gasteiger partial charge in [0.25, 0.3) is 11.8 Å². The van der Waals surface area contributed by atoms with E-state index in [9.17, 15) is 35.5 Å². The Morgan fingerprint density at radius 2 is 1.43 bits per heavy atom. The number of halogens is 7. The van der Waals surface area contributed by atoms with E-state index in [2.05, 4.69) is 0 Å². The molecule has 0 aliphatic heterocycles. The summed E-state index contributed by atoms with van der Waals surface area (Å²) in [7, 11) is 0. The maximum Gasteiger partial charge on any atom is 0.394 e. The lowest BCUT2D eigenvalue weighted by Gasteiger charge is -2.23. The van der Waals surface area contributed by atoms with Crippen molar-refractivity contribution in [1.29, 1.82) is 0 Å². The van der Waals surface area contributed by atoms with Gasteiger partial charge in [0.15, 0.2) is 0 Å². The summed E-state index contributed by atoms with van der Waals surface area (Å²) in [5.41, 5.74) is 0.267. The van der Waals surface area contributed by atoms with E-state index in [1.165, 1.54) is 12.1 Å². The summed E-state index contributed by atoms with van der Waals surface area (Å²) in [6.45, 7) is 0. The second-order valence-corrected chi connectivity index (χ2v) is 6.00. The molecule has 9 heteroatoms. The number of rotatable bonds is 7. The van der Waals surface area contributed by atoms with E-state index in [1.54, 1.807) is 18.2 Å². The largest absolute Gasteiger partial charge is 0.394 e. The highest BCUT2D eigenvalue weighted by Gasteiger charge is 2.49. The minimum Gasteiger partial charge on any atom is -0.282 e. The van der Waals surface area contributed by atoms with Crippen LogP contribution in [0.15, 0.2) is 30.3 Å². The van der Waals surface area contributed by atoms with Crippen LogP contribution >= 0.6 is 11.8 Å². The van der Waals surface area contributed by atoms with E-state index in [1.807, 2.05) is 0 Å². The Morgan fingerprint density at radius 1 is 0.870 bits per heavy atom. The number of alkyl halides is 7. The molecule has 1 nitrogen and oxygen atoms in total. The fourth-order valence-corrected chi connectivity index (χ4v) is 2.66. The summed E-state index contributed by atoms with van der Waals surface area (Å²) in [6, 6.07) is 7.72. The van der Waals surface area contributed by atoms with Gasteiger partial charge in [0.1, 0.15) is 6.42 Å². The van der Waals surface area contributed by atoms with Crippen LogP contribution in [0.2, 0.25) is 0 Å². The number of benzene rings is 1. The Hall–Kier alpha value is -1.25. The summed E-state index contributed by atoms with van der Waals surface area (Å²) < 4.78 is 88.4. The molecule has 0 saturated carbocycles. The molecule has 0 radical (unpaired) electrons. The van der Waals surface area contributed by atoms with Gasteiger partial charge >= 0.3 is 6.18 Å². The van der Waals surface area contributed by atoms with Gasteiger partial charge in [-0.2, -0.15) is 13.2 Å². The van der Waals surface area contributed by atoms with Crippen LogP contribution in [0.25, 0.3) is 0 Å². The fraction of sp³-hybridized carbons (Fsp3) is 0.500. The Bertz CT molecular complexity index is 514. The molecule has 0 aliphatic carbocycles. The molecule has 130 valence electrons. The average Bonchev–Trinajstić information content (AvgIpc) is 2.34. The van der Waals surface area contributed by atoms with Crippen molar-refractivity contribution in [3.05, 3.63) is 35.9 Å². The second-order valence-electron chi connectivity index (χ2n) is 4.93. The number of hydrogen-bond donors (Lipinski definition) is 0. The molecule has 0 heterocycles. The standard InChI is InChI=1S/C14H13F7OS/c15-12(16,8-13(17,18)9-14(19,20)21)6-7-23-11(22)10-4-2-1-3-5-10/h1-5H,6-9H2. The average molecular weight is 362 g/mol. The molecule has 0 bridgehead atoms. The van der Waals surface area contributed by atoms with Crippen molar-refractivity contribution in [2.45, 2.75) is 37.3 Å². The summed E-state index contributed by atoms with van der Waals surface area (Å²) in [6.07, 6.45) is -11.1. The molecule has 23 heavy (non-hydrogen) atoms. The van der Waals surface area contributed by atoms with E-state index in [-0.39, 0.29) is 5.56 Å². The quantitative estimate of drug-likeness (QED) is 0.591. The minimum atomic E-state index is -5.22. The Kier molecular flexibility index (Phi) is 6.49. The van der Waals surface area contributed by atoms with Gasteiger partial charge in [-0.1, -0.05) is 42.1 Å². The number of hydrogen-bond acceptors (Lipinski definition) is 2. The summed E-state index contributed by atoms with van der Waals surface area (Å²) in [4.78, 5) is 11.6. The number of carbonyl (C=O) groups is 1. The molecule has 0 aromatic heterocycles. The molecular weight excluding hydrogens is 349 g/mol. The zero-order valence-corrected chi connectivity index (χ0v) is 12.5. The second kappa shape index (κ2) is 7.55. The van der Waals surface area contributed by atoms with Gasteiger partial charge in [0.2, 0.25) is 5.12 Å². The highest BCUT2D eigenvalue weighted by Crippen LogP contribution is 2.40. The SMILES string of the molecule is O=C(SCCC(F)(F)CC(F)(F)CC(F)(F)F)c1ccccc1. The highest BCUT2D eigenvalue weighted by molar-refractivity contribution is 8.14. The Labute approximate surface area is 132 Å². The van der Waals surface area contributed by atoms with E-state index < -0.39 is 48.2 Å². The summed E-state index contributed by atoms with van der Waals surface area (Å²) in [5.74, 6) is -9.00. The van der Waals surface area contributed by atoms with Crippen molar-refractivity contribution in [2.24, 2.45) is 0 Å². The van der Waals surface area contributed by atoms with E-state index in [0.29, 0.717) is 11.8 Å².